The van der Waals surface area contributed by atoms with Crippen molar-refractivity contribution in [3.63, 3.8) is 0 Å². The lowest BCUT2D eigenvalue weighted by atomic mass is 10.1. The minimum Gasteiger partial charge on any atom is -0.345 e. The van der Waals surface area contributed by atoms with Crippen molar-refractivity contribution in [2.45, 2.75) is 6.92 Å². The van der Waals surface area contributed by atoms with E-state index >= 15 is 0 Å². The molecule has 0 saturated heterocycles. The van der Waals surface area contributed by atoms with E-state index in [1.807, 2.05) is 24.3 Å². The zero-order valence-electron chi connectivity index (χ0n) is 8.71. The van der Waals surface area contributed by atoms with Crippen LogP contribution in [0.1, 0.15) is 18.1 Å². The maximum Gasteiger partial charge on any atom is 0.217 e. The summed E-state index contributed by atoms with van der Waals surface area (Å²) in [5, 5.41) is 2.61. The lowest BCUT2D eigenvalue weighted by Gasteiger charge is -1.94. The number of amides is 1. The summed E-state index contributed by atoms with van der Waals surface area (Å²) in [6, 6.07) is 7.77. The molecule has 1 amide bonds. The first kappa shape index (κ1) is 11.1. The maximum absolute atomic E-state index is 10.6. The standard InChI is InChI=1S/C13H13NO/c1-3-12-6-4-7-13(10-12)8-5-9-14-11(2)15/h3-4,6-7,10H,1,9H2,2H3,(H,14,15). The Balaban J connectivity index is 2.63. The molecule has 1 aromatic rings. The molecule has 0 spiro atoms. The van der Waals surface area contributed by atoms with Gasteiger partial charge in [0, 0.05) is 12.5 Å². The highest BCUT2D eigenvalue weighted by atomic mass is 16.1. The molecule has 0 aliphatic rings. The van der Waals surface area contributed by atoms with Crippen molar-refractivity contribution in [2.75, 3.05) is 6.54 Å². The highest BCUT2D eigenvalue weighted by Crippen LogP contribution is 2.04. The van der Waals surface area contributed by atoms with Crippen LogP contribution in [0, 0.1) is 11.8 Å². The third-order valence-electron chi connectivity index (χ3n) is 1.78. The predicted octanol–water partition coefficient (Wildman–Crippen LogP) is 1.82. The minimum atomic E-state index is -0.0656. The van der Waals surface area contributed by atoms with Gasteiger partial charge in [-0.2, -0.15) is 0 Å². The van der Waals surface area contributed by atoms with Crippen LogP contribution in [0.3, 0.4) is 0 Å². The molecule has 1 rings (SSSR count). The van der Waals surface area contributed by atoms with E-state index in [4.69, 9.17) is 0 Å². The van der Waals surface area contributed by atoms with Crippen LogP contribution in [0.5, 0.6) is 0 Å². The lowest BCUT2D eigenvalue weighted by molar-refractivity contribution is -0.118. The van der Waals surface area contributed by atoms with Gasteiger partial charge in [-0.15, -0.1) is 0 Å². The van der Waals surface area contributed by atoms with Gasteiger partial charge in [-0.1, -0.05) is 36.6 Å². The number of rotatable bonds is 2. The molecule has 0 aliphatic heterocycles. The first-order valence-corrected chi connectivity index (χ1v) is 4.68. The van der Waals surface area contributed by atoms with Gasteiger partial charge in [0.05, 0.1) is 6.54 Å². The van der Waals surface area contributed by atoms with Crippen LogP contribution in [0.15, 0.2) is 30.8 Å². The number of nitrogens with one attached hydrogen (secondary N) is 1. The largest absolute Gasteiger partial charge is 0.345 e. The molecule has 0 aromatic heterocycles. The number of hydrogen-bond acceptors (Lipinski definition) is 1. The monoisotopic (exact) mass is 199 g/mol. The van der Waals surface area contributed by atoms with Gasteiger partial charge in [0.2, 0.25) is 5.91 Å². The molecular weight excluding hydrogens is 186 g/mol. The molecule has 15 heavy (non-hydrogen) atoms. The molecular formula is C13H13NO. The average molecular weight is 199 g/mol. The van der Waals surface area contributed by atoms with Gasteiger partial charge < -0.3 is 5.32 Å². The lowest BCUT2D eigenvalue weighted by Crippen LogP contribution is -2.19. The number of benzene rings is 1. The smallest absolute Gasteiger partial charge is 0.217 e. The van der Waals surface area contributed by atoms with Gasteiger partial charge >= 0.3 is 0 Å². The van der Waals surface area contributed by atoms with Crippen LogP contribution >= 0.6 is 0 Å². The van der Waals surface area contributed by atoms with Gasteiger partial charge in [0.15, 0.2) is 0 Å². The fourth-order valence-corrected chi connectivity index (χ4v) is 1.06. The van der Waals surface area contributed by atoms with Crippen molar-refractivity contribution in [3.05, 3.63) is 42.0 Å². The Kier molecular flexibility index (Phi) is 4.18. The second-order valence-electron chi connectivity index (χ2n) is 3.04. The molecule has 0 bridgehead atoms. The first-order chi connectivity index (χ1) is 7.22. The number of hydrogen-bond donors (Lipinski definition) is 1. The van der Waals surface area contributed by atoms with Gasteiger partial charge in [0.25, 0.3) is 0 Å². The SMILES string of the molecule is C=Cc1cccc(C#CCNC(C)=O)c1. The van der Waals surface area contributed by atoms with Gasteiger partial charge in [-0.3, -0.25) is 4.79 Å². The van der Waals surface area contributed by atoms with Crippen molar-refractivity contribution in [1.29, 1.82) is 0 Å². The van der Waals surface area contributed by atoms with Crippen LogP contribution in [0.4, 0.5) is 0 Å². The second-order valence-corrected chi connectivity index (χ2v) is 3.04. The van der Waals surface area contributed by atoms with E-state index in [2.05, 4.69) is 23.7 Å². The summed E-state index contributed by atoms with van der Waals surface area (Å²) < 4.78 is 0. The fraction of sp³-hybridized carbons (Fsp3) is 0.154. The summed E-state index contributed by atoms with van der Waals surface area (Å²) in [6.07, 6.45) is 1.78. The Morgan fingerprint density at radius 2 is 2.40 bits per heavy atom. The number of carbonyl (C=O) groups is 1. The Labute approximate surface area is 90.0 Å². The molecule has 0 atom stereocenters. The topological polar surface area (TPSA) is 29.1 Å². The molecule has 0 unspecified atom stereocenters. The van der Waals surface area contributed by atoms with E-state index < -0.39 is 0 Å². The molecule has 1 aromatic carbocycles. The molecule has 2 nitrogen and oxygen atoms in total. The summed E-state index contributed by atoms with van der Waals surface area (Å²) in [6.45, 7) is 5.54. The van der Waals surface area contributed by atoms with Crippen LogP contribution in [-0.2, 0) is 4.79 Å². The first-order valence-electron chi connectivity index (χ1n) is 4.68. The Hall–Kier alpha value is -2.01. The molecule has 76 valence electrons. The fourth-order valence-electron chi connectivity index (χ4n) is 1.06. The Morgan fingerprint density at radius 3 is 3.07 bits per heavy atom. The zero-order valence-corrected chi connectivity index (χ0v) is 8.71. The molecule has 0 fully saturated rings. The van der Waals surface area contributed by atoms with E-state index in [1.165, 1.54) is 6.92 Å². The van der Waals surface area contributed by atoms with Crippen molar-refractivity contribution in [3.8, 4) is 11.8 Å². The van der Waals surface area contributed by atoms with Gasteiger partial charge in [0.1, 0.15) is 0 Å². The Morgan fingerprint density at radius 1 is 1.60 bits per heavy atom. The van der Waals surface area contributed by atoms with E-state index in [-0.39, 0.29) is 5.91 Å². The third kappa shape index (κ3) is 4.15. The average Bonchev–Trinajstić information content (AvgIpc) is 2.24. The summed E-state index contributed by atoms with van der Waals surface area (Å²) in [5.74, 6) is 5.76. The summed E-state index contributed by atoms with van der Waals surface area (Å²) >= 11 is 0. The third-order valence-corrected chi connectivity index (χ3v) is 1.78. The summed E-state index contributed by atoms with van der Waals surface area (Å²) in [5.41, 5.74) is 1.97. The van der Waals surface area contributed by atoms with Crippen LogP contribution < -0.4 is 5.32 Å². The van der Waals surface area contributed by atoms with Gasteiger partial charge in [-0.25, -0.2) is 0 Å². The van der Waals surface area contributed by atoms with Crippen molar-refractivity contribution < 1.29 is 4.79 Å². The molecule has 0 heterocycles. The predicted molar refractivity (Wildman–Crippen MR) is 62.1 cm³/mol. The number of carbonyl (C=O) groups excluding carboxylic acids is 1. The normalized spacial score (nSPS) is 8.60. The highest BCUT2D eigenvalue weighted by molar-refractivity contribution is 5.73. The maximum atomic E-state index is 10.6. The van der Waals surface area contributed by atoms with Crippen LogP contribution in [0.2, 0.25) is 0 Å². The van der Waals surface area contributed by atoms with Crippen LogP contribution in [0.25, 0.3) is 6.08 Å². The summed E-state index contributed by atoms with van der Waals surface area (Å²) in [7, 11) is 0. The van der Waals surface area contributed by atoms with E-state index in [9.17, 15) is 4.79 Å². The second kappa shape index (κ2) is 5.66. The van der Waals surface area contributed by atoms with Crippen molar-refractivity contribution in [2.24, 2.45) is 0 Å². The quantitative estimate of drug-likeness (QED) is 0.723. The van der Waals surface area contributed by atoms with Crippen LogP contribution in [-0.4, -0.2) is 12.5 Å². The van der Waals surface area contributed by atoms with Crippen molar-refractivity contribution >= 4 is 12.0 Å². The van der Waals surface area contributed by atoms with Gasteiger partial charge in [-0.05, 0) is 17.7 Å². The molecule has 0 aliphatic carbocycles. The highest BCUT2D eigenvalue weighted by Gasteiger charge is 1.88. The van der Waals surface area contributed by atoms with E-state index in [0.717, 1.165) is 11.1 Å². The zero-order chi connectivity index (χ0) is 11.1. The molecule has 0 saturated carbocycles. The molecule has 0 radical (unpaired) electrons. The summed E-state index contributed by atoms with van der Waals surface area (Å²) in [4.78, 5) is 10.6. The Bertz CT molecular complexity index is 424. The minimum absolute atomic E-state index is 0.0656. The molecule has 1 N–H and O–H groups in total. The van der Waals surface area contributed by atoms with E-state index in [1.54, 1.807) is 6.08 Å². The van der Waals surface area contributed by atoms with E-state index in [0.29, 0.717) is 6.54 Å². The van der Waals surface area contributed by atoms with Crippen molar-refractivity contribution in [1.82, 2.24) is 5.32 Å². The molecule has 2 heteroatoms.